The van der Waals surface area contributed by atoms with Crippen molar-refractivity contribution < 1.29 is 32.0 Å². The molecule has 1 aromatic carbocycles. The molecular formula is C20H28ClN3O3. The summed E-state index contributed by atoms with van der Waals surface area (Å²) in [5.74, 6) is -1.13. The number of carbonyl (C=O) groups excluding carboxylic acids is 1. The maximum atomic E-state index is 12.8. The minimum Gasteiger partial charge on any atom is -1.00 e. The lowest BCUT2D eigenvalue weighted by Gasteiger charge is -2.22. The van der Waals surface area contributed by atoms with Crippen molar-refractivity contribution in [2.45, 2.75) is 39.0 Å². The van der Waals surface area contributed by atoms with Crippen LogP contribution in [0.25, 0.3) is 10.9 Å². The van der Waals surface area contributed by atoms with Gasteiger partial charge < -0.3 is 32.7 Å². The number of fused-ring (bicyclic) bond motifs is 3. The lowest BCUT2D eigenvalue weighted by molar-refractivity contribution is -0.895. The molecular weight excluding hydrogens is 366 g/mol. The lowest BCUT2D eigenvalue weighted by atomic mass is 9.86. The van der Waals surface area contributed by atoms with Gasteiger partial charge in [-0.15, -0.1) is 0 Å². The maximum absolute atomic E-state index is 12.8. The predicted molar refractivity (Wildman–Crippen MR) is 101 cm³/mol. The molecule has 0 bridgehead atoms. The molecule has 1 atom stereocenters. The van der Waals surface area contributed by atoms with Crippen LogP contribution >= 0.6 is 0 Å². The van der Waals surface area contributed by atoms with E-state index in [2.05, 4.69) is 24.1 Å². The van der Waals surface area contributed by atoms with Gasteiger partial charge in [0.05, 0.1) is 43.2 Å². The van der Waals surface area contributed by atoms with Crippen LogP contribution in [-0.4, -0.2) is 48.1 Å². The Kier molecular flexibility index (Phi) is 7.27. The highest BCUT2D eigenvalue weighted by atomic mass is 35.5. The number of quaternary nitrogens is 1. The number of aryl methyl sites for hydroxylation is 1. The molecule has 27 heavy (non-hydrogen) atoms. The van der Waals surface area contributed by atoms with Crippen LogP contribution in [0.1, 0.15) is 54.2 Å². The molecule has 2 aromatic rings. The number of hydrogen-bond donors (Lipinski definition) is 4. The van der Waals surface area contributed by atoms with Gasteiger partial charge in [0.1, 0.15) is 0 Å². The number of halogens is 1. The van der Waals surface area contributed by atoms with E-state index < -0.39 is 5.97 Å². The first-order valence-corrected chi connectivity index (χ1v) is 9.54. The highest BCUT2D eigenvalue weighted by Crippen LogP contribution is 2.37. The van der Waals surface area contributed by atoms with E-state index in [9.17, 15) is 14.7 Å². The number of benzene rings is 1. The molecule has 1 amide bonds. The highest BCUT2D eigenvalue weighted by Gasteiger charge is 2.30. The van der Waals surface area contributed by atoms with Gasteiger partial charge >= 0.3 is 5.97 Å². The molecule has 3 rings (SSSR count). The molecule has 7 heteroatoms. The lowest BCUT2D eigenvalue weighted by Crippen LogP contribution is -3.12. The Labute approximate surface area is 165 Å². The van der Waals surface area contributed by atoms with Crippen molar-refractivity contribution in [1.29, 1.82) is 0 Å². The van der Waals surface area contributed by atoms with E-state index in [0.717, 1.165) is 55.5 Å². The minimum absolute atomic E-state index is 0. The first-order chi connectivity index (χ1) is 12.6. The summed E-state index contributed by atoms with van der Waals surface area (Å²) >= 11 is 0. The second kappa shape index (κ2) is 9.24. The number of amides is 1. The fourth-order valence-electron chi connectivity index (χ4n) is 4.02. The summed E-state index contributed by atoms with van der Waals surface area (Å²) in [4.78, 5) is 29.0. The summed E-state index contributed by atoms with van der Waals surface area (Å²) in [7, 11) is 0. The topological polar surface area (TPSA) is 86.6 Å². The highest BCUT2D eigenvalue weighted by molar-refractivity contribution is 6.04. The summed E-state index contributed by atoms with van der Waals surface area (Å²) in [6, 6.07) is 5.33. The Morgan fingerprint density at radius 3 is 2.70 bits per heavy atom. The fraction of sp³-hybridized carbons (Fsp3) is 0.500. The number of aromatic nitrogens is 1. The third kappa shape index (κ3) is 4.28. The van der Waals surface area contributed by atoms with Crippen LogP contribution in [0, 0.1) is 0 Å². The van der Waals surface area contributed by atoms with Gasteiger partial charge in [0.15, 0.2) is 0 Å². The monoisotopic (exact) mass is 393 g/mol. The van der Waals surface area contributed by atoms with E-state index in [1.807, 2.05) is 6.07 Å². The van der Waals surface area contributed by atoms with Crippen molar-refractivity contribution in [3.8, 4) is 0 Å². The molecule has 0 saturated heterocycles. The van der Waals surface area contributed by atoms with Crippen LogP contribution in [-0.2, 0) is 11.2 Å². The Balaban J connectivity index is 0.00000261. The molecule has 1 aliphatic carbocycles. The van der Waals surface area contributed by atoms with Crippen molar-refractivity contribution in [3.63, 3.8) is 0 Å². The Bertz CT molecular complexity index is 814. The Hall–Kier alpha value is -2.05. The first kappa shape index (κ1) is 21.3. The molecule has 0 saturated carbocycles. The molecule has 4 N–H and O–H groups in total. The number of rotatable bonds is 7. The molecule has 1 aliphatic rings. The van der Waals surface area contributed by atoms with Gasteiger partial charge in [-0.1, -0.05) is 12.1 Å². The molecule has 6 nitrogen and oxygen atoms in total. The normalized spacial score (nSPS) is 16.0. The van der Waals surface area contributed by atoms with Crippen molar-refractivity contribution in [1.82, 2.24) is 10.3 Å². The van der Waals surface area contributed by atoms with Gasteiger partial charge in [0, 0.05) is 11.1 Å². The van der Waals surface area contributed by atoms with Gasteiger partial charge in [-0.3, -0.25) is 4.79 Å². The molecule has 148 valence electrons. The van der Waals surface area contributed by atoms with Crippen LogP contribution in [0.5, 0.6) is 0 Å². The molecule has 0 spiro atoms. The molecule has 1 unspecified atom stereocenters. The minimum atomic E-state index is -0.947. The van der Waals surface area contributed by atoms with Gasteiger partial charge in [0.25, 0.3) is 0 Å². The molecule has 0 radical (unpaired) electrons. The number of aromatic carboxylic acids is 1. The number of likely N-dealkylation sites (N-methyl/N-ethyl adjacent to an activating group) is 1. The van der Waals surface area contributed by atoms with E-state index in [4.69, 9.17) is 0 Å². The second-order valence-corrected chi connectivity index (χ2v) is 6.99. The number of carboxylic acids is 1. The number of H-pyrrole nitrogens is 1. The van der Waals surface area contributed by atoms with Crippen LogP contribution in [0.4, 0.5) is 0 Å². The van der Waals surface area contributed by atoms with Crippen molar-refractivity contribution >= 4 is 22.8 Å². The Morgan fingerprint density at radius 1 is 1.30 bits per heavy atom. The predicted octanol–water partition coefficient (Wildman–Crippen LogP) is -1.67. The summed E-state index contributed by atoms with van der Waals surface area (Å²) in [6.07, 6.45) is 2.62. The largest absolute Gasteiger partial charge is 1.00 e. The zero-order valence-corrected chi connectivity index (χ0v) is 16.7. The van der Waals surface area contributed by atoms with Crippen LogP contribution < -0.4 is 22.6 Å². The summed E-state index contributed by atoms with van der Waals surface area (Å²) in [6.45, 7) is 8.01. The number of carbonyl (C=O) groups is 2. The van der Waals surface area contributed by atoms with Gasteiger partial charge in [0.2, 0.25) is 5.91 Å². The zero-order chi connectivity index (χ0) is 18.7. The number of para-hydroxylation sites is 1. The SMILES string of the molecule is CC[NH+](CC)CCNC(=O)C1CCCc2c1[nH]c1c(C(=O)O)cccc21.[Cl-]. The van der Waals surface area contributed by atoms with Crippen molar-refractivity contribution in [3.05, 3.63) is 35.0 Å². The van der Waals surface area contributed by atoms with E-state index in [1.54, 1.807) is 12.1 Å². The summed E-state index contributed by atoms with van der Waals surface area (Å²) in [5.41, 5.74) is 2.90. The third-order valence-corrected chi connectivity index (χ3v) is 5.57. The average molecular weight is 394 g/mol. The van der Waals surface area contributed by atoms with Gasteiger partial charge in [-0.05, 0) is 44.7 Å². The van der Waals surface area contributed by atoms with E-state index in [0.29, 0.717) is 12.1 Å². The number of aromatic amines is 1. The van der Waals surface area contributed by atoms with Crippen LogP contribution in [0.3, 0.4) is 0 Å². The first-order valence-electron chi connectivity index (χ1n) is 9.54. The zero-order valence-electron chi connectivity index (χ0n) is 15.9. The van der Waals surface area contributed by atoms with Crippen LogP contribution in [0.2, 0.25) is 0 Å². The maximum Gasteiger partial charge on any atom is 0.337 e. The molecule has 1 aromatic heterocycles. The summed E-state index contributed by atoms with van der Waals surface area (Å²) in [5, 5.41) is 13.4. The number of nitrogens with one attached hydrogen (secondary N) is 3. The quantitative estimate of drug-likeness (QED) is 0.454. The number of carboxylic acid groups (broad SMARTS) is 1. The van der Waals surface area contributed by atoms with E-state index in [-0.39, 0.29) is 29.8 Å². The standard InChI is InChI=1S/C20H27N3O3.ClH/c1-3-23(4-2)12-11-21-19(24)15-9-5-7-13-14-8-6-10-16(20(25)26)18(14)22-17(13)15;/h6,8,10,15,22H,3-5,7,9,11-12H2,1-2H3,(H,21,24)(H,25,26);1H. The smallest absolute Gasteiger partial charge is 0.337 e. The Morgan fingerprint density at radius 2 is 2.04 bits per heavy atom. The number of hydrogen-bond acceptors (Lipinski definition) is 2. The van der Waals surface area contributed by atoms with Gasteiger partial charge in [-0.2, -0.15) is 0 Å². The molecule has 1 heterocycles. The molecule has 0 aliphatic heterocycles. The third-order valence-electron chi connectivity index (χ3n) is 5.57. The van der Waals surface area contributed by atoms with Crippen molar-refractivity contribution in [2.75, 3.05) is 26.2 Å². The van der Waals surface area contributed by atoms with Crippen LogP contribution in [0.15, 0.2) is 18.2 Å². The second-order valence-electron chi connectivity index (χ2n) is 6.99. The average Bonchev–Trinajstić information content (AvgIpc) is 3.03. The van der Waals surface area contributed by atoms with Crippen molar-refractivity contribution in [2.24, 2.45) is 0 Å². The van der Waals surface area contributed by atoms with E-state index >= 15 is 0 Å². The van der Waals surface area contributed by atoms with E-state index in [1.165, 1.54) is 4.90 Å². The summed E-state index contributed by atoms with van der Waals surface area (Å²) < 4.78 is 0. The van der Waals surface area contributed by atoms with Gasteiger partial charge in [-0.25, -0.2) is 4.79 Å². The molecule has 0 fully saturated rings. The fourth-order valence-corrected chi connectivity index (χ4v) is 4.02.